The second-order valence-corrected chi connectivity index (χ2v) is 4.69. The van der Waals surface area contributed by atoms with Crippen LogP contribution < -0.4 is 0 Å². The van der Waals surface area contributed by atoms with Gasteiger partial charge < -0.3 is 0 Å². The molecule has 0 aliphatic heterocycles. The minimum atomic E-state index is 0.840. The summed E-state index contributed by atoms with van der Waals surface area (Å²) in [5, 5.41) is 0. The molecule has 0 aromatic heterocycles. The molecule has 0 fully saturated rings. The first kappa shape index (κ1) is 14.3. The lowest BCUT2D eigenvalue weighted by Crippen LogP contribution is -1.99. The van der Waals surface area contributed by atoms with Crippen molar-refractivity contribution in [1.29, 1.82) is 0 Å². The summed E-state index contributed by atoms with van der Waals surface area (Å²) < 4.78 is 0. The van der Waals surface area contributed by atoms with E-state index in [0.717, 1.165) is 11.8 Å². The zero-order valence-corrected chi connectivity index (χ0v) is 10.8. The second-order valence-electron chi connectivity index (χ2n) is 4.31. The third-order valence-corrected chi connectivity index (χ3v) is 3.31. The molecule has 86 valence electrons. The fourth-order valence-electron chi connectivity index (χ4n) is 1.94. The lowest BCUT2D eigenvalue weighted by atomic mass is 9.93. The van der Waals surface area contributed by atoms with Crippen molar-refractivity contribution in [1.82, 2.24) is 0 Å². The summed E-state index contributed by atoms with van der Waals surface area (Å²) in [4.78, 5) is 0. The molecule has 0 N–H and O–H groups in total. The van der Waals surface area contributed by atoms with Crippen molar-refractivity contribution < 1.29 is 0 Å². The predicted octanol–water partition coefficient (Wildman–Crippen LogP) is 5.39. The maximum Gasteiger partial charge on any atom is 0.0223 e. The Morgan fingerprint density at radius 1 is 0.857 bits per heavy atom. The highest BCUT2D eigenvalue weighted by Crippen LogP contribution is 2.20. The van der Waals surface area contributed by atoms with Crippen molar-refractivity contribution in [3.63, 3.8) is 0 Å². The van der Waals surface area contributed by atoms with Crippen LogP contribution in [0.5, 0.6) is 0 Å². The van der Waals surface area contributed by atoms with E-state index in [9.17, 15) is 0 Å². The summed E-state index contributed by atoms with van der Waals surface area (Å²) in [5.74, 6) is 1.81. The summed E-state index contributed by atoms with van der Waals surface area (Å²) in [6.07, 6.45) is 12.4. The van der Waals surface area contributed by atoms with Crippen molar-refractivity contribution in [2.24, 2.45) is 5.92 Å². The van der Waals surface area contributed by atoms with Gasteiger partial charge in [0.25, 0.3) is 0 Å². The average Bonchev–Trinajstić information content (AvgIpc) is 2.22. The molecular formula is C13H27Cl. The minimum Gasteiger partial charge on any atom is -0.127 e. The lowest BCUT2D eigenvalue weighted by molar-refractivity contribution is 0.402. The van der Waals surface area contributed by atoms with E-state index in [-0.39, 0.29) is 0 Å². The number of hydrogen-bond donors (Lipinski definition) is 0. The Kier molecular flexibility index (Phi) is 11.6. The number of hydrogen-bond acceptors (Lipinski definition) is 0. The number of alkyl halides is 1. The quantitative estimate of drug-likeness (QED) is 0.341. The predicted molar refractivity (Wildman–Crippen MR) is 67.1 cm³/mol. The Labute approximate surface area is 95.4 Å². The van der Waals surface area contributed by atoms with Gasteiger partial charge in [-0.15, -0.1) is 11.6 Å². The third kappa shape index (κ3) is 8.87. The Bertz CT molecular complexity index is 101. The van der Waals surface area contributed by atoms with Gasteiger partial charge >= 0.3 is 0 Å². The fourth-order valence-corrected chi connectivity index (χ4v) is 2.13. The molecule has 0 amide bonds. The first-order valence-electron chi connectivity index (χ1n) is 6.41. The van der Waals surface area contributed by atoms with Crippen LogP contribution in [0, 0.1) is 5.92 Å². The molecular weight excluding hydrogens is 192 g/mol. The van der Waals surface area contributed by atoms with Gasteiger partial charge in [-0.1, -0.05) is 65.2 Å². The molecule has 1 heteroatoms. The van der Waals surface area contributed by atoms with Crippen LogP contribution in [-0.4, -0.2) is 5.88 Å². The Morgan fingerprint density at radius 3 is 2.00 bits per heavy atom. The van der Waals surface area contributed by atoms with Crippen LogP contribution >= 0.6 is 11.6 Å². The van der Waals surface area contributed by atoms with E-state index in [1.807, 2.05) is 0 Å². The molecule has 0 bridgehead atoms. The fraction of sp³-hybridized carbons (Fsp3) is 1.00. The van der Waals surface area contributed by atoms with Gasteiger partial charge in [-0.25, -0.2) is 0 Å². The molecule has 0 nitrogen and oxygen atoms in total. The van der Waals surface area contributed by atoms with Crippen LogP contribution in [0.25, 0.3) is 0 Å². The highest BCUT2D eigenvalue weighted by atomic mass is 35.5. The van der Waals surface area contributed by atoms with E-state index in [1.165, 1.54) is 57.8 Å². The molecule has 14 heavy (non-hydrogen) atoms. The van der Waals surface area contributed by atoms with Crippen LogP contribution in [0.3, 0.4) is 0 Å². The van der Waals surface area contributed by atoms with Gasteiger partial charge in [0.1, 0.15) is 0 Å². The summed E-state index contributed by atoms with van der Waals surface area (Å²) in [6.45, 7) is 4.60. The number of unbranched alkanes of at least 4 members (excludes halogenated alkanes) is 4. The van der Waals surface area contributed by atoms with Crippen molar-refractivity contribution in [3.8, 4) is 0 Å². The molecule has 0 radical (unpaired) electrons. The maximum absolute atomic E-state index is 5.67. The molecule has 0 saturated carbocycles. The zero-order chi connectivity index (χ0) is 10.6. The van der Waals surface area contributed by atoms with Gasteiger partial charge in [-0.2, -0.15) is 0 Å². The summed E-state index contributed by atoms with van der Waals surface area (Å²) in [5.41, 5.74) is 0. The molecule has 0 aliphatic carbocycles. The van der Waals surface area contributed by atoms with Crippen molar-refractivity contribution >= 4 is 11.6 Å². The Hall–Kier alpha value is 0.290. The molecule has 1 unspecified atom stereocenters. The Morgan fingerprint density at radius 2 is 1.50 bits per heavy atom. The number of halogens is 1. The smallest absolute Gasteiger partial charge is 0.0223 e. The van der Waals surface area contributed by atoms with Gasteiger partial charge in [0.2, 0.25) is 0 Å². The Balaban J connectivity index is 3.28. The minimum absolute atomic E-state index is 0.840. The zero-order valence-electron chi connectivity index (χ0n) is 10.0. The molecule has 0 heterocycles. The van der Waals surface area contributed by atoms with E-state index >= 15 is 0 Å². The SMILES string of the molecule is CCCCCCC(CC)CCCCCl. The standard InChI is InChI=1S/C13H27Cl/c1-3-5-6-7-10-13(4-2)11-8-9-12-14/h13H,3-12H2,1-2H3. The molecule has 0 aromatic rings. The highest BCUT2D eigenvalue weighted by Gasteiger charge is 2.05. The first-order valence-corrected chi connectivity index (χ1v) is 6.94. The van der Waals surface area contributed by atoms with Gasteiger partial charge in [0, 0.05) is 5.88 Å². The normalized spacial score (nSPS) is 13.1. The molecule has 1 atom stereocenters. The highest BCUT2D eigenvalue weighted by molar-refractivity contribution is 6.17. The van der Waals surface area contributed by atoms with E-state index in [4.69, 9.17) is 11.6 Å². The monoisotopic (exact) mass is 218 g/mol. The van der Waals surface area contributed by atoms with Crippen LogP contribution in [0.15, 0.2) is 0 Å². The molecule has 0 aromatic carbocycles. The number of rotatable bonds is 10. The second kappa shape index (κ2) is 11.4. The van der Waals surface area contributed by atoms with Crippen molar-refractivity contribution in [2.75, 3.05) is 5.88 Å². The summed E-state index contributed by atoms with van der Waals surface area (Å²) in [6, 6.07) is 0. The van der Waals surface area contributed by atoms with Gasteiger partial charge in [-0.05, 0) is 12.3 Å². The van der Waals surface area contributed by atoms with Crippen LogP contribution in [0.1, 0.15) is 71.6 Å². The molecule has 0 spiro atoms. The molecule has 0 saturated heterocycles. The van der Waals surface area contributed by atoms with Crippen LogP contribution in [0.4, 0.5) is 0 Å². The van der Waals surface area contributed by atoms with E-state index < -0.39 is 0 Å². The first-order chi connectivity index (χ1) is 6.85. The molecule has 0 aliphatic rings. The molecule has 0 rings (SSSR count). The summed E-state index contributed by atoms with van der Waals surface area (Å²) in [7, 11) is 0. The topological polar surface area (TPSA) is 0 Å². The van der Waals surface area contributed by atoms with E-state index in [1.54, 1.807) is 0 Å². The van der Waals surface area contributed by atoms with Gasteiger partial charge in [0.15, 0.2) is 0 Å². The van der Waals surface area contributed by atoms with E-state index in [0.29, 0.717) is 0 Å². The van der Waals surface area contributed by atoms with Gasteiger partial charge in [0.05, 0.1) is 0 Å². The van der Waals surface area contributed by atoms with Gasteiger partial charge in [-0.3, -0.25) is 0 Å². The largest absolute Gasteiger partial charge is 0.127 e. The maximum atomic E-state index is 5.67. The van der Waals surface area contributed by atoms with E-state index in [2.05, 4.69) is 13.8 Å². The van der Waals surface area contributed by atoms with Crippen LogP contribution in [0.2, 0.25) is 0 Å². The van der Waals surface area contributed by atoms with Crippen molar-refractivity contribution in [2.45, 2.75) is 71.6 Å². The average molecular weight is 219 g/mol. The van der Waals surface area contributed by atoms with Crippen molar-refractivity contribution in [3.05, 3.63) is 0 Å². The van der Waals surface area contributed by atoms with Crippen LogP contribution in [-0.2, 0) is 0 Å². The third-order valence-electron chi connectivity index (χ3n) is 3.04. The summed E-state index contributed by atoms with van der Waals surface area (Å²) >= 11 is 5.67. The lowest BCUT2D eigenvalue weighted by Gasteiger charge is -2.13.